The first-order valence-corrected chi connectivity index (χ1v) is 9.16. The van der Waals surface area contributed by atoms with Gasteiger partial charge in [0.05, 0.1) is 0 Å². The van der Waals surface area contributed by atoms with Crippen molar-refractivity contribution >= 4 is 33.0 Å². The van der Waals surface area contributed by atoms with Crippen LogP contribution >= 0.6 is 22.9 Å². The molecule has 19 heavy (non-hydrogen) atoms. The highest BCUT2D eigenvalue weighted by Crippen LogP contribution is 2.26. The molecular formula is C12H19ClN2O2S2. The summed E-state index contributed by atoms with van der Waals surface area (Å²) in [7, 11) is -1.30. The lowest BCUT2D eigenvalue weighted by Gasteiger charge is -2.19. The number of nitrogens with zero attached hydrogens (tertiary/aromatic N) is 2. The Hall–Kier alpha value is -0.140. The molecule has 2 rings (SSSR count). The van der Waals surface area contributed by atoms with Crippen LogP contribution in [0.1, 0.15) is 11.3 Å². The van der Waals surface area contributed by atoms with Gasteiger partial charge in [-0.2, -0.15) is 4.31 Å². The molecule has 0 radical (unpaired) electrons. The smallest absolute Gasteiger partial charge is 0.252 e. The van der Waals surface area contributed by atoms with Crippen LogP contribution < -0.4 is 0 Å². The highest BCUT2D eigenvalue weighted by atomic mass is 35.5. The molecule has 7 heteroatoms. The fraction of sp³-hybridized carbons (Fsp3) is 0.667. The average molecular weight is 323 g/mol. The van der Waals surface area contributed by atoms with E-state index in [9.17, 15) is 8.42 Å². The zero-order valence-corrected chi connectivity index (χ0v) is 13.4. The van der Waals surface area contributed by atoms with Gasteiger partial charge in [-0.25, -0.2) is 8.42 Å². The summed E-state index contributed by atoms with van der Waals surface area (Å²) < 4.78 is 27.1. The maximum Gasteiger partial charge on any atom is 0.252 e. The van der Waals surface area contributed by atoms with Gasteiger partial charge in [-0.1, -0.05) is 0 Å². The van der Waals surface area contributed by atoms with Crippen molar-refractivity contribution in [3.63, 3.8) is 0 Å². The molecule has 1 aliphatic rings. The fourth-order valence-corrected chi connectivity index (χ4v) is 5.41. The van der Waals surface area contributed by atoms with E-state index in [2.05, 4.69) is 4.90 Å². The first-order chi connectivity index (χ1) is 9.04. The van der Waals surface area contributed by atoms with Crippen molar-refractivity contribution in [2.24, 2.45) is 0 Å². The van der Waals surface area contributed by atoms with E-state index in [0.717, 1.165) is 30.8 Å². The zero-order valence-electron chi connectivity index (χ0n) is 11.0. The van der Waals surface area contributed by atoms with Gasteiger partial charge < -0.3 is 4.90 Å². The van der Waals surface area contributed by atoms with Gasteiger partial charge in [0, 0.05) is 30.4 Å². The Morgan fingerprint density at radius 2 is 2.05 bits per heavy atom. The summed E-state index contributed by atoms with van der Waals surface area (Å²) in [5, 5.41) is 0. The van der Waals surface area contributed by atoms with Gasteiger partial charge in [0.15, 0.2) is 0 Å². The topological polar surface area (TPSA) is 40.6 Å². The summed E-state index contributed by atoms with van der Waals surface area (Å²) in [5.74, 6) is 0.522. The van der Waals surface area contributed by atoms with Gasteiger partial charge in [-0.05, 0) is 38.6 Å². The molecule has 2 heterocycles. The zero-order chi connectivity index (χ0) is 13.9. The van der Waals surface area contributed by atoms with Crippen LogP contribution in [0.25, 0.3) is 0 Å². The molecule has 1 aromatic rings. The number of alkyl halides is 1. The van der Waals surface area contributed by atoms with E-state index >= 15 is 0 Å². The number of likely N-dealkylation sites (N-methyl/N-ethyl adjacent to an activating group) is 1. The lowest BCUT2D eigenvalue weighted by atomic mass is 10.4. The lowest BCUT2D eigenvalue weighted by Crippen LogP contribution is -2.34. The molecule has 0 spiro atoms. The molecule has 108 valence electrons. The number of rotatable bonds is 4. The molecular weight excluding hydrogens is 304 g/mol. The fourth-order valence-electron chi connectivity index (χ4n) is 2.11. The molecule has 1 fully saturated rings. The van der Waals surface area contributed by atoms with E-state index in [1.165, 1.54) is 11.3 Å². The Labute approximate surface area is 124 Å². The predicted octanol–water partition coefficient (Wildman–Crippen LogP) is 1.86. The molecule has 0 amide bonds. The van der Waals surface area contributed by atoms with Gasteiger partial charge in [0.25, 0.3) is 10.0 Å². The molecule has 0 unspecified atom stereocenters. The van der Waals surface area contributed by atoms with Crippen LogP contribution in [0.3, 0.4) is 0 Å². The number of aryl methyl sites for hydroxylation is 1. The van der Waals surface area contributed by atoms with E-state index in [-0.39, 0.29) is 0 Å². The molecule has 0 atom stereocenters. The van der Waals surface area contributed by atoms with Crippen LogP contribution in [0.5, 0.6) is 0 Å². The number of hydrogen-bond donors (Lipinski definition) is 0. The third-order valence-corrected chi connectivity index (χ3v) is 6.95. The van der Waals surface area contributed by atoms with Crippen molar-refractivity contribution in [2.75, 3.05) is 39.1 Å². The van der Waals surface area contributed by atoms with Crippen LogP contribution in [0.4, 0.5) is 0 Å². The van der Waals surface area contributed by atoms with Crippen LogP contribution in [0.15, 0.2) is 16.3 Å². The van der Waals surface area contributed by atoms with Gasteiger partial charge in [0.1, 0.15) is 4.21 Å². The Kier molecular flexibility index (Phi) is 5.25. The van der Waals surface area contributed by atoms with E-state index in [4.69, 9.17) is 11.6 Å². The molecule has 0 bridgehead atoms. The van der Waals surface area contributed by atoms with Crippen molar-refractivity contribution in [3.05, 3.63) is 17.0 Å². The van der Waals surface area contributed by atoms with E-state index in [0.29, 0.717) is 23.2 Å². The van der Waals surface area contributed by atoms with E-state index in [1.54, 1.807) is 10.4 Å². The molecule has 1 aromatic heterocycles. The number of halogens is 1. The first-order valence-electron chi connectivity index (χ1n) is 6.37. The van der Waals surface area contributed by atoms with Crippen molar-refractivity contribution in [1.82, 2.24) is 9.21 Å². The van der Waals surface area contributed by atoms with E-state index < -0.39 is 10.0 Å². The third kappa shape index (κ3) is 3.70. The van der Waals surface area contributed by atoms with Crippen LogP contribution in [0, 0.1) is 0 Å². The average Bonchev–Trinajstić information content (AvgIpc) is 2.72. The summed E-state index contributed by atoms with van der Waals surface area (Å²) in [5.41, 5.74) is 0. The van der Waals surface area contributed by atoms with Gasteiger partial charge in [-0.3, -0.25) is 0 Å². The molecule has 0 aromatic carbocycles. The molecule has 1 aliphatic heterocycles. The second kappa shape index (κ2) is 6.54. The number of thiophene rings is 1. The van der Waals surface area contributed by atoms with Gasteiger partial charge in [0.2, 0.25) is 0 Å². The van der Waals surface area contributed by atoms with Crippen molar-refractivity contribution in [2.45, 2.75) is 17.1 Å². The van der Waals surface area contributed by atoms with Crippen LogP contribution in [0.2, 0.25) is 0 Å². The Morgan fingerprint density at radius 1 is 1.26 bits per heavy atom. The lowest BCUT2D eigenvalue weighted by molar-refractivity contribution is 0.347. The van der Waals surface area contributed by atoms with Crippen molar-refractivity contribution < 1.29 is 8.42 Å². The summed E-state index contributed by atoms with van der Waals surface area (Å²) >= 11 is 7.03. The molecule has 0 aliphatic carbocycles. The Balaban J connectivity index is 2.15. The minimum absolute atomic E-state index is 0.442. The van der Waals surface area contributed by atoms with Gasteiger partial charge >= 0.3 is 0 Å². The molecule has 0 saturated carbocycles. The highest BCUT2D eigenvalue weighted by Gasteiger charge is 2.27. The maximum atomic E-state index is 12.5. The Bertz CT molecular complexity index is 516. The second-order valence-electron chi connectivity index (χ2n) is 4.72. The predicted molar refractivity (Wildman–Crippen MR) is 79.6 cm³/mol. The second-order valence-corrected chi connectivity index (χ2v) is 8.43. The maximum absolute atomic E-state index is 12.5. The van der Waals surface area contributed by atoms with Crippen molar-refractivity contribution in [3.8, 4) is 0 Å². The normalized spacial score (nSPS) is 19.5. The SMILES string of the molecule is CN1CCCN(S(=O)(=O)c2ccc(CCCl)s2)CC1. The standard InChI is InChI=1S/C12H19ClN2O2S2/c1-14-7-2-8-15(10-9-14)19(16,17)12-4-3-11(18-12)5-6-13/h3-4H,2,5-10H2,1H3. The van der Waals surface area contributed by atoms with Crippen LogP contribution in [-0.4, -0.2) is 56.7 Å². The summed E-state index contributed by atoms with van der Waals surface area (Å²) in [6, 6.07) is 3.57. The quantitative estimate of drug-likeness (QED) is 0.794. The highest BCUT2D eigenvalue weighted by molar-refractivity contribution is 7.91. The summed E-state index contributed by atoms with van der Waals surface area (Å²) in [4.78, 5) is 3.20. The van der Waals surface area contributed by atoms with Gasteiger partial charge in [-0.15, -0.1) is 22.9 Å². The number of hydrogen-bond acceptors (Lipinski definition) is 4. The summed E-state index contributed by atoms with van der Waals surface area (Å²) in [6.45, 7) is 2.92. The Morgan fingerprint density at radius 3 is 2.79 bits per heavy atom. The molecule has 0 N–H and O–H groups in total. The first kappa shape index (κ1) is 15.3. The largest absolute Gasteiger partial charge is 0.305 e. The van der Waals surface area contributed by atoms with Crippen molar-refractivity contribution in [1.29, 1.82) is 0 Å². The monoisotopic (exact) mass is 322 g/mol. The molecule has 1 saturated heterocycles. The third-order valence-electron chi connectivity index (χ3n) is 3.25. The molecule has 4 nitrogen and oxygen atoms in total. The summed E-state index contributed by atoms with van der Waals surface area (Å²) in [6.07, 6.45) is 1.61. The minimum atomic E-state index is -3.32. The minimum Gasteiger partial charge on any atom is -0.305 e. The van der Waals surface area contributed by atoms with Crippen LogP contribution in [-0.2, 0) is 16.4 Å². The number of sulfonamides is 1. The van der Waals surface area contributed by atoms with E-state index in [1.807, 2.05) is 13.1 Å².